The fourth-order valence-electron chi connectivity index (χ4n) is 21.7. The van der Waals surface area contributed by atoms with Crippen molar-refractivity contribution in [3.8, 4) is 0 Å². The molecule has 0 nitrogen and oxygen atoms in total. The standard InChI is InChI=1S/C62H134Br2Si14/c1-65(2,3)57(66(4,5)6)49-43-47(61(73(25,26)27,74(28,29)30)75(31,32)33)44-50(58(67(7,8)9)68(10,11)12)53(49)55(63)56(64)54-51(59(69(13,14)15)70(16,17)18)45-48(46-52(54)60(71(19,20)21)72(22,23)24)62(76(34,35)36,77(37,38)39)78(40,41)42/h43-46,57-60H,1-42H3/b56-55+. The average molecular weight is 1430 g/mol. The summed E-state index contributed by atoms with van der Waals surface area (Å²) in [5, 5.41) is 2.33. The molecule has 0 N–H and O–H groups in total. The van der Waals surface area contributed by atoms with Crippen LogP contribution in [-0.4, -0.2) is 113 Å². The first-order valence-corrected chi connectivity index (χ1v) is 82.1. The lowest BCUT2D eigenvalue weighted by atomic mass is 9.94. The summed E-state index contributed by atoms with van der Waals surface area (Å²) in [6.45, 7) is 116. The van der Waals surface area contributed by atoms with Gasteiger partial charge in [0.05, 0.1) is 0 Å². The zero-order valence-corrected chi connectivity index (χ0v) is 77.5. The van der Waals surface area contributed by atoms with Crippen molar-refractivity contribution in [2.75, 3.05) is 0 Å². The molecule has 0 saturated carbocycles. The van der Waals surface area contributed by atoms with Crippen molar-refractivity contribution >= 4 is 154 Å². The second-order valence-corrected chi connectivity index (χ2v) is 121. The van der Waals surface area contributed by atoms with Crippen LogP contribution in [0.25, 0.3) is 8.96 Å². The molecular weight excluding hydrogens is 1300 g/mol. The van der Waals surface area contributed by atoms with Crippen LogP contribution in [-0.2, 0) is 8.57 Å². The Bertz CT molecular complexity index is 2070. The number of hydrogen-bond donors (Lipinski definition) is 0. The van der Waals surface area contributed by atoms with E-state index in [9.17, 15) is 0 Å². The van der Waals surface area contributed by atoms with Gasteiger partial charge < -0.3 is 0 Å². The first kappa shape index (κ1) is 76.3. The SMILES string of the molecule is C[Si](C)(C)C(c1cc(C([Si](C)(C)C)([Si](C)(C)C)[Si](C)(C)C)cc(C([Si](C)(C)C)[Si](C)(C)C)c1/C(Br)=C(\Br)c1c(C([Si](C)(C)C)[Si](C)(C)C)cc(C([Si](C)(C)C)([Si](C)(C)C)[Si](C)(C)C)cc1C([Si](C)(C)C)[Si](C)(C)C)[Si](C)(C)C. The highest BCUT2D eigenvalue weighted by molar-refractivity contribution is 9.18. The van der Waals surface area contributed by atoms with E-state index >= 15 is 0 Å². The fraction of sp³-hybridized carbons (Fsp3) is 0.774. The molecule has 0 unspecified atom stereocenters. The normalized spacial score (nSPS) is 16.1. The predicted molar refractivity (Wildman–Crippen MR) is 419 cm³/mol. The molecule has 0 heterocycles. The Kier molecular flexibility index (Phi) is 22.8. The first-order valence-electron chi connectivity index (χ1n) is 30.9. The molecule has 0 radical (unpaired) electrons. The molecule has 0 aliphatic carbocycles. The highest BCUT2D eigenvalue weighted by Crippen LogP contribution is 2.59. The van der Waals surface area contributed by atoms with Crippen LogP contribution < -0.4 is 0 Å². The van der Waals surface area contributed by atoms with Gasteiger partial charge in [0.25, 0.3) is 0 Å². The summed E-state index contributed by atoms with van der Waals surface area (Å²) in [6, 6.07) is 12.1. The second-order valence-electron chi connectivity index (χ2n) is 40.3. The lowest BCUT2D eigenvalue weighted by molar-refractivity contribution is 0.985. The maximum absolute atomic E-state index is 5.00. The van der Waals surface area contributed by atoms with Gasteiger partial charge in [0, 0.05) is 122 Å². The molecular formula is C62H134Br2Si14. The minimum atomic E-state index is -1.88. The minimum absolute atomic E-state index is 0.269. The van der Waals surface area contributed by atoms with Crippen molar-refractivity contribution in [1.29, 1.82) is 0 Å². The number of benzene rings is 2. The van der Waals surface area contributed by atoms with Gasteiger partial charge >= 0.3 is 0 Å². The fourth-order valence-corrected chi connectivity index (χ4v) is 134. The van der Waals surface area contributed by atoms with E-state index in [0.717, 1.165) is 0 Å². The molecule has 0 aromatic heterocycles. The summed E-state index contributed by atoms with van der Waals surface area (Å²) >= 11 is 9.99. The molecule has 2 aromatic rings. The Morgan fingerprint density at radius 3 is 0.449 bits per heavy atom. The summed E-state index contributed by atoms with van der Waals surface area (Å²) in [4.78, 5) is 0. The van der Waals surface area contributed by atoms with E-state index in [0.29, 0.717) is 20.7 Å². The van der Waals surface area contributed by atoms with Gasteiger partial charge in [-0.25, -0.2) is 0 Å². The Balaban J connectivity index is 4.37. The van der Waals surface area contributed by atoms with Gasteiger partial charge in [0.15, 0.2) is 0 Å². The number of rotatable bonds is 22. The van der Waals surface area contributed by atoms with Crippen LogP contribution in [0.3, 0.4) is 0 Å². The third kappa shape index (κ3) is 15.0. The van der Waals surface area contributed by atoms with E-state index in [2.05, 4.69) is 299 Å². The molecule has 0 saturated heterocycles. The third-order valence-corrected chi connectivity index (χ3v) is 100. The van der Waals surface area contributed by atoms with Crippen LogP contribution in [0.2, 0.25) is 275 Å². The van der Waals surface area contributed by atoms with Crippen molar-refractivity contribution < 1.29 is 0 Å². The maximum atomic E-state index is 5.00. The average Bonchev–Trinajstić information content (AvgIpc) is 3.02. The Morgan fingerprint density at radius 2 is 0.359 bits per heavy atom. The summed E-state index contributed by atoms with van der Waals surface area (Å²) in [5.74, 6) is 0. The van der Waals surface area contributed by atoms with Gasteiger partial charge in [-0.2, -0.15) is 0 Å². The van der Waals surface area contributed by atoms with E-state index < -0.39 is 113 Å². The lowest BCUT2D eigenvalue weighted by Gasteiger charge is -2.60. The van der Waals surface area contributed by atoms with Crippen LogP contribution in [0, 0.1) is 0 Å². The van der Waals surface area contributed by atoms with Crippen LogP contribution in [0.15, 0.2) is 24.3 Å². The molecule has 452 valence electrons. The van der Waals surface area contributed by atoms with Gasteiger partial charge in [-0.3, -0.25) is 0 Å². The van der Waals surface area contributed by atoms with E-state index in [-0.39, 0.29) is 8.57 Å². The minimum Gasteiger partial charge on any atom is -0.0693 e. The summed E-state index contributed by atoms with van der Waals surface area (Å²) in [6.07, 6.45) is 0. The van der Waals surface area contributed by atoms with E-state index in [1.54, 1.807) is 44.5 Å². The van der Waals surface area contributed by atoms with Crippen molar-refractivity contribution in [2.24, 2.45) is 0 Å². The molecule has 78 heavy (non-hydrogen) atoms. The zero-order valence-electron chi connectivity index (χ0n) is 60.4. The Hall–Kier alpha value is 2.18. The van der Waals surface area contributed by atoms with Crippen molar-refractivity contribution in [1.82, 2.24) is 0 Å². The van der Waals surface area contributed by atoms with E-state index in [1.807, 2.05) is 0 Å². The molecule has 2 rings (SSSR count). The van der Waals surface area contributed by atoms with Gasteiger partial charge in [-0.05, 0) is 106 Å². The molecule has 0 aliphatic rings. The van der Waals surface area contributed by atoms with Gasteiger partial charge in [-0.15, -0.1) is 0 Å². The topological polar surface area (TPSA) is 0 Å². The van der Waals surface area contributed by atoms with Gasteiger partial charge in [0.2, 0.25) is 0 Å². The van der Waals surface area contributed by atoms with Crippen LogP contribution in [0.4, 0.5) is 0 Å². The monoisotopic (exact) mass is 1430 g/mol. The maximum Gasteiger partial charge on any atom is 0.0499 e. The van der Waals surface area contributed by atoms with Gasteiger partial charge in [0.1, 0.15) is 0 Å². The molecule has 0 spiro atoms. The molecule has 0 bridgehead atoms. The third-order valence-electron chi connectivity index (χ3n) is 18.8. The zero-order chi connectivity index (χ0) is 62.9. The van der Waals surface area contributed by atoms with E-state index in [1.165, 1.54) is 8.96 Å². The predicted octanol–water partition coefficient (Wildman–Crippen LogP) is 24.4. The Labute approximate surface area is 521 Å². The van der Waals surface area contributed by atoms with Crippen molar-refractivity contribution in [3.63, 3.8) is 0 Å². The summed E-state index contributed by atoms with van der Waals surface area (Å²) < 4.78 is 3.31. The van der Waals surface area contributed by atoms with Crippen LogP contribution in [0.5, 0.6) is 0 Å². The quantitative estimate of drug-likeness (QED) is 0.0814. The molecule has 0 fully saturated rings. The number of halogens is 2. The molecule has 0 aliphatic heterocycles. The molecule has 0 atom stereocenters. The summed E-state index contributed by atoms with van der Waals surface area (Å²) in [7, 11) is -26.2. The van der Waals surface area contributed by atoms with Crippen LogP contribution >= 0.6 is 31.9 Å². The first-order chi connectivity index (χ1) is 33.5. The lowest BCUT2D eigenvalue weighted by Crippen LogP contribution is -2.74. The second kappa shape index (κ2) is 23.3. The Morgan fingerprint density at radius 1 is 0.244 bits per heavy atom. The van der Waals surface area contributed by atoms with E-state index in [4.69, 9.17) is 31.9 Å². The van der Waals surface area contributed by atoms with Crippen LogP contribution in [0.1, 0.15) is 65.2 Å². The van der Waals surface area contributed by atoms with Crippen molar-refractivity contribution in [3.05, 3.63) is 68.8 Å². The highest BCUT2D eigenvalue weighted by atomic mass is 79.9. The summed E-state index contributed by atoms with van der Waals surface area (Å²) in [5.41, 5.74) is 13.8. The smallest absolute Gasteiger partial charge is 0.0499 e. The molecule has 2 aromatic carbocycles. The molecule has 0 amide bonds. The largest absolute Gasteiger partial charge is 0.0693 e. The molecule has 16 heteroatoms. The van der Waals surface area contributed by atoms with Crippen molar-refractivity contribution in [2.45, 2.75) is 304 Å². The number of hydrogen-bond acceptors (Lipinski definition) is 0. The highest BCUT2D eigenvalue weighted by Gasteiger charge is 2.63. The van der Waals surface area contributed by atoms with Gasteiger partial charge in [-0.1, -0.05) is 299 Å².